The molecule has 16 heavy (non-hydrogen) atoms. The van der Waals surface area contributed by atoms with Crippen LogP contribution in [0.4, 0.5) is 0 Å². The van der Waals surface area contributed by atoms with Crippen LogP contribution < -0.4 is 11.1 Å². The molecule has 0 spiro atoms. The number of carbonyl (C=O) groups excluding carboxylic acids is 1. The van der Waals surface area contributed by atoms with Crippen molar-refractivity contribution in [3.05, 3.63) is 0 Å². The average molecular weight is 222 g/mol. The van der Waals surface area contributed by atoms with Gasteiger partial charge in [-0.2, -0.15) is 0 Å². The van der Waals surface area contributed by atoms with Crippen LogP contribution >= 0.6 is 0 Å². The summed E-state index contributed by atoms with van der Waals surface area (Å²) in [6, 6.07) is 0. The first-order chi connectivity index (χ1) is 7.79. The van der Waals surface area contributed by atoms with Crippen molar-refractivity contribution in [3.63, 3.8) is 0 Å². The molecule has 0 aromatic rings. The van der Waals surface area contributed by atoms with E-state index in [2.05, 4.69) is 11.2 Å². The lowest BCUT2D eigenvalue weighted by molar-refractivity contribution is -0.127. The number of rotatable bonds is 5. The van der Waals surface area contributed by atoms with Crippen molar-refractivity contribution >= 4 is 5.91 Å². The van der Waals surface area contributed by atoms with Gasteiger partial charge in [0.2, 0.25) is 5.91 Å². The molecular formula is C13H22N2O. The van der Waals surface area contributed by atoms with E-state index in [0.717, 1.165) is 32.1 Å². The molecule has 0 aromatic heterocycles. The number of hydrogen-bond acceptors (Lipinski definition) is 2. The van der Waals surface area contributed by atoms with Gasteiger partial charge in [0.1, 0.15) is 0 Å². The smallest absolute Gasteiger partial charge is 0.223 e. The third-order valence-corrected chi connectivity index (χ3v) is 3.35. The molecule has 0 aliphatic heterocycles. The van der Waals surface area contributed by atoms with Crippen molar-refractivity contribution in [2.24, 2.45) is 17.6 Å². The van der Waals surface area contributed by atoms with Crippen LogP contribution in [0.1, 0.15) is 38.5 Å². The summed E-state index contributed by atoms with van der Waals surface area (Å²) in [5.74, 6) is 3.25. The van der Waals surface area contributed by atoms with E-state index in [0.29, 0.717) is 19.0 Å². The van der Waals surface area contributed by atoms with Gasteiger partial charge in [-0.1, -0.05) is 12.8 Å². The van der Waals surface area contributed by atoms with Gasteiger partial charge in [-0.25, -0.2) is 0 Å². The van der Waals surface area contributed by atoms with Crippen LogP contribution in [-0.4, -0.2) is 19.0 Å². The molecule has 0 aromatic carbocycles. The highest BCUT2D eigenvalue weighted by molar-refractivity contribution is 5.79. The highest BCUT2D eigenvalue weighted by atomic mass is 16.1. The minimum Gasteiger partial charge on any atom is -0.356 e. The predicted molar refractivity (Wildman–Crippen MR) is 65.6 cm³/mol. The Labute approximate surface area is 98.2 Å². The molecule has 1 aliphatic carbocycles. The van der Waals surface area contributed by atoms with Crippen molar-refractivity contribution in [2.45, 2.75) is 38.5 Å². The Hall–Kier alpha value is -1.01. The van der Waals surface area contributed by atoms with Crippen molar-refractivity contribution in [1.29, 1.82) is 0 Å². The SMILES string of the molecule is C#CCCCNC(=O)C1CCCCC1CN. The van der Waals surface area contributed by atoms with E-state index in [9.17, 15) is 4.79 Å². The highest BCUT2D eigenvalue weighted by Gasteiger charge is 2.29. The van der Waals surface area contributed by atoms with E-state index in [-0.39, 0.29) is 11.8 Å². The summed E-state index contributed by atoms with van der Waals surface area (Å²) in [7, 11) is 0. The molecule has 1 amide bonds. The minimum atomic E-state index is 0.129. The van der Waals surface area contributed by atoms with Crippen LogP contribution in [0.5, 0.6) is 0 Å². The topological polar surface area (TPSA) is 55.1 Å². The Morgan fingerprint density at radius 3 is 2.88 bits per heavy atom. The molecule has 0 radical (unpaired) electrons. The number of terminal acetylenes is 1. The van der Waals surface area contributed by atoms with Gasteiger partial charge in [0.05, 0.1) is 0 Å². The Morgan fingerprint density at radius 1 is 1.44 bits per heavy atom. The number of unbranched alkanes of at least 4 members (excludes halogenated alkanes) is 1. The summed E-state index contributed by atoms with van der Waals surface area (Å²) in [5, 5.41) is 2.96. The average Bonchev–Trinajstić information content (AvgIpc) is 2.34. The quantitative estimate of drug-likeness (QED) is 0.544. The number of nitrogens with two attached hydrogens (primary N) is 1. The Bertz CT molecular complexity index is 257. The second-order valence-corrected chi connectivity index (χ2v) is 4.49. The number of hydrogen-bond donors (Lipinski definition) is 2. The summed E-state index contributed by atoms with van der Waals surface area (Å²) in [6.07, 6.45) is 11.2. The molecule has 1 fully saturated rings. The molecular weight excluding hydrogens is 200 g/mol. The van der Waals surface area contributed by atoms with E-state index in [4.69, 9.17) is 12.2 Å². The summed E-state index contributed by atoms with van der Waals surface area (Å²) >= 11 is 0. The summed E-state index contributed by atoms with van der Waals surface area (Å²) in [6.45, 7) is 1.32. The monoisotopic (exact) mass is 222 g/mol. The van der Waals surface area contributed by atoms with Crippen LogP contribution in [0.25, 0.3) is 0 Å². The largest absolute Gasteiger partial charge is 0.356 e. The normalized spacial score (nSPS) is 24.8. The highest BCUT2D eigenvalue weighted by Crippen LogP contribution is 2.29. The fourth-order valence-corrected chi connectivity index (χ4v) is 2.37. The van der Waals surface area contributed by atoms with Gasteiger partial charge in [-0.05, 0) is 31.7 Å². The molecule has 1 rings (SSSR count). The van der Waals surface area contributed by atoms with Crippen LogP contribution in [0.15, 0.2) is 0 Å². The maximum Gasteiger partial charge on any atom is 0.223 e. The van der Waals surface area contributed by atoms with E-state index in [1.807, 2.05) is 0 Å². The lowest BCUT2D eigenvalue weighted by atomic mass is 9.79. The van der Waals surface area contributed by atoms with Crippen LogP contribution in [0, 0.1) is 24.2 Å². The predicted octanol–water partition coefficient (Wildman–Crippen LogP) is 1.28. The zero-order chi connectivity index (χ0) is 11.8. The Morgan fingerprint density at radius 2 is 2.19 bits per heavy atom. The van der Waals surface area contributed by atoms with E-state index < -0.39 is 0 Å². The second kappa shape index (κ2) is 7.29. The van der Waals surface area contributed by atoms with E-state index >= 15 is 0 Å². The standard InChI is InChI=1S/C13H22N2O/c1-2-3-6-9-15-13(16)12-8-5-4-7-11(12)10-14/h1,11-12H,3-10,14H2,(H,15,16). The van der Waals surface area contributed by atoms with Crippen molar-refractivity contribution in [2.75, 3.05) is 13.1 Å². The van der Waals surface area contributed by atoms with E-state index in [1.165, 1.54) is 6.42 Å². The first-order valence-corrected chi connectivity index (χ1v) is 6.20. The van der Waals surface area contributed by atoms with Gasteiger partial charge in [0, 0.05) is 18.9 Å². The third kappa shape index (κ3) is 3.86. The molecule has 0 bridgehead atoms. The van der Waals surface area contributed by atoms with Gasteiger partial charge in [0.15, 0.2) is 0 Å². The molecule has 3 nitrogen and oxygen atoms in total. The van der Waals surface area contributed by atoms with Gasteiger partial charge < -0.3 is 11.1 Å². The molecule has 0 heterocycles. The molecule has 1 saturated carbocycles. The molecule has 3 N–H and O–H groups in total. The number of nitrogens with one attached hydrogen (secondary N) is 1. The fraction of sp³-hybridized carbons (Fsp3) is 0.769. The lowest BCUT2D eigenvalue weighted by Crippen LogP contribution is -2.39. The van der Waals surface area contributed by atoms with Crippen LogP contribution in [-0.2, 0) is 4.79 Å². The lowest BCUT2D eigenvalue weighted by Gasteiger charge is -2.29. The third-order valence-electron chi connectivity index (χ3n) is 3.35. The zero-order valence-corrected chi connectivity index (χ0v) is 9.87. The van der Waals surface area contributed by atoms with Crippen molar-refractivity contribution < 1.29 is 4.79 Å². The summed E-state index contributed by atoms with van der Waals surface area (Å²) in [5.41, 5.74) is 5.70. The van der Waals surface area contributed by atoms with Crippen LogP contribution in [0.3, 0.4) is 0 Å². The van der Waals surface area contributed by atoms with Crippen molar-refractivity contribution in [3.8, 4) is 12.3 Å². The second-order valence-electron chi connectivity index (χ2n) is 4.49. The number of amides is 1. The molecule has 2 unspecified atom stereocenters. The summed E-state index contributed by atoms with van der Waals surface area (Å²) < 4.78 is 0. The summed E-state index contributed by atoms with van der Waals surface area (Å²) in [4.78, 5) is 11.9. The van der Waals surface area contributed by atoms with Gasteiger partial charge >= 0.3 is 0 Å². The maximum atomic E-state index is 11.9. The molecule has 2 atom stereocenters. The molecule has 3 heteroatoms. The Kier molecular flexibility index (Phi) is 5.95. The first kappa shape index (κ1) is 13.1. The van der Waals surface area contributed by atoms with Gasteiger partial charge in [-0.15, -0.1) is 12.3 Å². The molecule has 0 saturated heterocycles. The zero-order valence-electron chi connectivity index (χ0n) is 9.87. The van der Waals surface area contributed by atoms with E-state index in [1.54, 1.807) is 0 Å². The van der Waals surface area contributed by atoms with Gasteiger partial charge in [-0.3, -0.25) is 4.79 Å². The molecule has 1 aliphatic rings. The maximum absolute atomic E-state index is 11.9. The minimum absolute atomic E-state index is 0.129. The fourth-order valence-electron chi connectivity index (χ4n) is 2.37. The first-order valence-electron chi connectivity index (χ1n) is 6.20. The van der Waals surface area contributed by atoms with Crippen LogP contribution in [0.2, 0.25) is 0 Å². The number of carbonyl (C=O) groups is 1. The Balaban J connectivity index is 2.30. The van der Waals surface area contributed by atoms with Crippen molar-refractivity contribution in [1.82, 2.24) is 5.32 Å². The molecule has 90 valence electrons. The van der Waals surface area contributed by atoms with Gasteiger partial charge in [0.25, 0.3) is 0 Å².